The molecule has 0 fully saturated rings. The number of hydrogen-bond donors (Lipinski definition) is 3. The molecule has 0 saturated carbocycles. The molecule has 3 N–H and O–H groups in total. The lowest BCUT2D eigenvalue weighted by molar-refractivity contribution is 0.0577. The number of fused-ring (bicyclic) bond motifs is 1. The SMILES string of the molecule is Cc1cc([C@@H](C)Nc2ccc(Cl)nc2-c2noc(=O)[nH]2)c2oc(-c3cnn(CC(C)(C)O)c3)c(C)c(=O)c2c1. The molecule has 202 valence electrons. The number of nitrogens with zero attached hydrogens (tertiary/aromatic N) is 4. The van der Waals surface area contributed by atoms with Gasteiger partial charge in [-0.15, -0.1) is 0 Å². The molecule has 0 unspecified atom stereocenters. The van der Waals surface area contributed by atoms with Crippen LogP contribution in [-0.2, 0) is 6.54 Å². The van der Waals surface area contributed by atoms with Crippen LogP contribution in [0.5, 0.6) is 0 Å². The molecule has 1 aromatic carbocycles. The molecule has 0 aliphatic carbocycles. The van der Waals surface area contributed by atoms with Crippen LogP contribution in [0.25, 0.3) is 33.8 Å². The largest absolute Gasteiger partial charge is 0.455 e. The maximum Gasteiger partial charge on any atom is 0.439 e. The summed E-state index contributed by atoms with van der Waals surface area (Å²) < 4.78 is 12.7. The first-order valence-electron chi connectivity index (χ1n) is 12.2. The Morgan fingerprint density at radius 2 is 2.00 bits per heavy atom. The van der Waals surface area contributed by atoms with E-state index in [0.717, 1.165) is 11.1 Å². The van der Waals surface area contributed by atoms with Crippen LogP contribution >= 0.6 is 11.6 Å². The molecule has 4 aromatic heterocycles. The van der Waals surface area contributed by atoms with Gasteiger partial charge < -0.3 is 14.8 Å². The van der Waals surface area contributed by atoms with Crippen molar-refractivity contribution in [2.45, 2.75) is 52.8 Å². The van der Waals surface area contributed by atoms with Crippen molar-refractivity contribution in [1.29, 1.82) is 0 Å². The van der Waals surface area contributed by atoms with E-state index >= 15 is 0 Å². The van der Waals surface area contributed by atoms with Crippen molar-refractivity contribution in [1.82, 2.24) is 24.9 Å². The first-order valence-corrected chi connectivity index (χ1v) is 12.6. The van der Waals surface area contributed by atoms with E-state index in [1.807, 2.05) is 19.9 Å². The summed E-state index contributed by atoms with van der Waals surface area (Å²) >= 11 is 6.11. The van der Waals surface area contributed by atoms with Crippen LogP contribution in [0.4, 0.5) is 5.69 Å². The molecule has 0 radical (unpaired) electrons. The first-order chi connectivity index (χ1) is 18.4. The van der Waals surface area contributed by atoms with Crippen molar-refractivity contribution in [3.63, 3.8) is 0 Å². The fourth-order valence-corrected chi connectivity index (χ4v) is 4.65. The monoisotopic (exact) mass is 550 g/mol. The van der Waals surface area contributed by atoms with E-state index in [1.165, 1.54) is 0 Å². The Morgan fingerprint density at radius 3 is 2.69 bits per heavy atom. The molecule has 0 saturated heterocycles. The van der Waals surface area contributed by atoms with Gasteiger partial charge in [-0.25, -0.2) is 9.78 Å². The quantitative estimate of drug-likeness (QED) is 0.247. The number of rotatable bonds is 7. The summed E-state index contributed by atoms with van der Waals surface area (Å²) in [6.07, 6.45) is 3.36. The maximum absolute atomic E-state index is 13.5. The van der Waals surface area contributed by atoms with Gasteiger partial charge in [-0.05, 0) is 58.4 Å². The molecule has 0 spiro atoms. The topological polar surface area (TPSA) is 152 Å². The number of aryl methyl sites for hydroxylation is 1. The number of halogens is 1. The summed E-state index contributed by atoms with van der Waals surface area (Å²) in [7, 11) is 0. The average molecular weight is 551 g/mol. The van der Waals surface area contributed by atoms with Crippen LogP contribution in [0, 0.1) is 13.8 Å². The summed E-state index contributed by atoms with van der Waals surface area (Å²) in [5.41, 5.74) is 2.88. The molecule has 0 bridgehead atoms. The number of benzene rings is 1. The number of aliphatic hydroxyl groups is 1. The van der Waals surface area contributed by atoms with Crippen molar-refractivity contribution in [2.75, 3.05) is 5.32 Å². The standard InChI is InChI=1S/C27H27ClN6O5/c1-13-8-17(15(3)30-19-6-7-20(28)31-21(19)25-32-26(36)39-33-25)24-18(9-13)22(35)14(2)23(38-24)16-10-29-34(11-16)12-27(4,5)37/h6-11,15,30,37H,12H2,1-5H3,(H,32,33,36)/t15-/m1/s1. The van der Waals surface area contributed by atoms with E-state index in [0.29, 0.717) is 39.2 Å². The minimum Gasteiger partial charge on any atom is -0.455 e. The Morgan fingerprint density at radius 1 is 1.23 bits per heavy atom. The number of aromatic amines is 1. The number of pyridine rings is 1. The van der Waals surface area contributed by atoms with Gasteiger partial charge in [-0.2, -0.15) is 5.10 Å². The summed E-state index contributed by atoms with van der Waals surface area (Å²) in [4.78, 5) is 31.8. The minimum atomic E-state index is -0.956. The molecule has 4 heterocycles. The van der Waals surface area contributed by atoms with Crippen molar-refractivity contribution < 1.29 is 14.0 Å². The summed E-state index contributed by atoms with van der Waals surface area (Å²) in [6.45, 7) is 9.22. The van der Waals surface area contributed by atoms with Gasteiger partial charge in [0.1, 0.15) is 22.2 Å². The van der Waals surface area contributed by atoms with E-state index in [-0.39, 0.29) is 29.0 Å². The third kappa shape index (κ3) is 5.36. The fraction of sp³-hybridized carbons (Fsp3) is 0.296. The summed E-state index contributed by atoms with van der Waals surface area (Å²) in [5, 5.41) is 22.3. The van der Waals surface area contributed by atoms with Gasteiger partial charge in [-0.1, -0.05) is 22.8 Å². The molecule has 39 heavy (non-hydrogen) atoms. The lowest BCUT2D eigenvalue weighted by Gasteiger charge is -2.20. The number of hydrogen-bond acceptors (Lipinski definition) is 9. The number of anilines is 1. The minimum absolute atomic E-state index is 0.124. The second-order valence-electron chi connectivity index (χ2n) is 10.2. The highest BCUT2D eigenvalue weighted by Gasteiger charge is 2.22. The fourth-order valence-electron chi connectivity index (χ4n) is 4.50. The second kappa shape index (κ2) is 9.83. The van der Waals surface area contributed by atoms with Crippen LogP contribution in [-0.4, -0.2) is 35.6 Å². The zero-order valence-electron chi connectivity index (χ0n) is 22.0. The molecule has 5 aromatic rings. The second-order valence-corrected chi connectivity index (χ2v) is 10.6. The highest BCUT2D eigenvalue weighted by atomic mass is 35.5. The number of nitrogens with one attached hydrogen (secondary N) is 2. The van der Waals surface area contributed by atoms with Crippen LogP contribution in [0.2, 0.25) is 5.15 Å². The van der Waals surface area contributed by atoms with Gasteiger partial charge in [-0.3, -0.25) is 19.0 Å². The molecular weight excluding hydrogens is 524 g/mol. The Balaban J connectivity index is 1.60. The molecule has 11 nitrogen and oxygen atoms in total. The Labute approximate surface area is 227 Å². The van der Waals surface area contributed by atoms with E-state index in [2.05, 4.69) is 30.1 Å². The van der Waals surface area contributed by atoms with Crippen molar-refractivity contribution >= 4 is 28.3 Å². The zero-order chi connectivity index (χ0) is 28.1. The van der Waals surface area contributed by atoms with Gasteiger partial charge in [0.2, 0.25) is 5.82 Å². The van der Waals surface area contributed by atoms with Crippen LogP contribution in [0.15, 0.2) is 55.2 Å². The molecule has 12 heteroatoms. The van der Waals surface area contributed by atoms with Gasteiger partial charge >= 0.3 is 5.76 Å². The van der Waals surface area contributed by atoms with Gasteiger partial charge in [0.15, 0.2) is 5.43 Å². The van der Waals surface area contributed by atoms with E-state index < -0.39 is 11.4 Å². The Hall–Kier alpha value is -4.22. The average Bonchev–Trinajstić information content (AvgIpc) is 3.50. The predicted molar refractivity (Wildman–Crippen MR) is 147 cm³/mol. The molecular formula is C27H27ClN6O5. The Bertz CT molecular complexity index is 1810. The smallest absolute Gasteiger partial charge is 0.439 e. The van der Waals surface area contributed by atoms with Crippen molar-refractivity contribution in [3.05, 3.63) is 79.3 Å². The van der Waals surface area contributed by atoms with Gasteiger partial charge in [0.25, 0.3) is 0 Å². The molecule has 0 aliphatic rings. The highest BCUT2D eigenvalue weighted by Crippen LogP contribution is 2.34. The van der Waals surface area contributed by atoms with E-state index in [1.54, 1.807) is 56.0 Å². The van der Waals surface area contributed by atoms with Crippen molar-refractivity contribution in [2.24, 2.45) is 0 Å². The molecule has 1 atom stereocenters. The maximum atomic E-state index is 13.5. The van der Waals surface area contributed by atoms with E-state index in [4.69, 9.17) is 16.0 Å². The summed E-state index contributed by atoms with van der Waals surface area (Å²) in [6, 6.07) is 6.71. The third-order valence-electron chi connectivity index (χ3n) is 6.20. The van der Waals surface area contributed by atoms with Crippen LogP contribution in [0.3, 0.4) is 0 Å². The summed E-state index contributed by atoms with van der Waals surface area (Å²) in [5.74, 6) is -0.189. The van der Waals surface area contributed by atoms with E-state index in [9.17, 15) is 14.7 Å². The Kier molecular flexibility index (Phi) is 6.65. The zero-order valence-corrected chi connectivity index (χ0v) is 22.8. The molecule has 5 rings (SSSR count). The van der Waals surface area contributed by atoms with Crippen LogP contribution < -0.4 is 16.5 Å². The lowest BCUT2D eigenvalue weighted by atomic mass is 9.99. The van der Waals surface area contributed by atoms with Gasteiger partial charge in [0.05, 0.1) is 41.0 Å². The normalized spacial score (nSPS) is 12.7. The van der Waals surface area contributed by atoms with Crippen molar-refractivity contribution in [3.8, 4) is 22.8 Å². The van der Waals surface area contributed by atoms with Crippen LogP contribution in [0.1, 0.15) is 43.5 Å². The number of aromatic nitrogens is 5. The predicted octanol–water partition coefficient (Wildman–Crippen LogP) is 4.61. The third-order valence-corrected chi connectivity index (χ3v) is 6.41. The first kappa shape index (κ1) is 26.4. The highest BCUT2D eigenvalue weighted by molar-refractivity contribution is 6.29. The molecule has 0 aliphatic heterocycles. The lowest BCUT2D eigenvalue weighted by Crippen LogP contribution is -2.26. The number of H-pyrrole nitrogens is 1. The van der Waals surface area contributed by atoms with Gasteiger partial charge in [0, 0.05) is 17.3 Å². The molecule has 0 amide bonds.